The smallest absolute Gasteiger partial charge is 0.307 e. The van der Waals surface area contributed by atoms with Crippen LogP contribution in [-0.2, 0) is 17.8 Å². The van der Waals surface area contributed by atoms with E-state index in [1.54, 1.807) is 0 Å². The number of carboxylic acids is 1. The maximum Gasteiger partial charge on any atom is 0.307 e. The van der Waals surface area contributed by atoms with Crippen LogP contribution in [0.3, 0.4) is 0 Å². The lowest BCUT2D eigenvalue weighted by atomic mass is 9.79. The molecule has 0 radical (unpaired) electrons. The van der Waals surface area contributed by atoms with Gasteiger partial charge in [0.2, 0.25) is 0 Å². The van der Waals surface area contributed by atoms with Crippen molar-refractivity contribution in [3.05, 3.63) is 65.5 Å². The molecule has 0 amide bonds. The van der Waals surface area contributed by atoms with E-state index >= 15 is 0 Å². The van der Waals surface area contributed by atoms with Gasteiger partial charge in [0.05, 0.1) is 5.92 Å². The average Bonchev–Trinajstić information content (AvgIpc) is 3.22. The number of aromatic nitrogens is 4. The van der Waals surface area contributed by atoms with Gasteiger partial charge < -0.3 is 10.8 Å². The lowest BCUT2D eigenvalue weighted by molar-refractivity contribution is -0.144. The summed E-state index contributed by atoms with van der Waals surface area (Å²) in [5.74, 6) is -1.30. The van der Waals surface area contributed by atoms with Gasteiger partial charge in [-0.1, -0.05) is 62.4 Å². The molecule has 0 aliphatic carbocycles. The quantitative estimate of drug-likeness (QED) is 0.554. The Morgan fingerprint density at radius 3 is 2.04 bits per heavy atom. The molecule has 4 N–H and O–H groups in total. The highest BCUT2D eigenvalue weighted by molar-refractivity contribution is 5.71. The van der Waals surface area contributed by atoms with E-state index in [1.165, 1.54) is 0 Å². The van der Waals surface area contributed by atoms with Crippen molar-refractivity contribution in [2.75, 3.05) is 0 Å². The number of nitrogens with zero attached hydrogens (tertiary/aromatic N) is 3. The van der Waals surface area contributed by atoms with Crippen molar-refractivity contribution < 1.29 is 9.90 Å². The summed E-state index contributed by atoms with van der Waals surface area (Å²) in [6.07, 6.45) is 0.540. The summed E-state index contributed by atoms with van der Waals surface area (Å²) in [5.41, 5.74) is 10.0. The summed E-state index contributed by atoms with van der Waals surface area (Å²) < 4.78 is 0. The number of nitrogens with one attached hydrogen (secondary N) is 1. The van der Waals surface area contributed by atoms with E-state index in [2.05, 4.69) is 32.8 Å². The van der Waals surface area contributed by atoms with Crippen molar-refractivity contribution in [1.29, 1.82) is 0 Å². The molecule has 1 aromatic heterocycles. The molecule has 0 saturated heterocycles. The maximum absolute atomic E-state index is 11.9. The van der Waals surface area contributed by atoms with Crippen molar-refractivity contribution in [3.8, 4) is 11.1 Å². The third-order valence-electron chi connectivity index (χ3n) is 5.08. The van der Waals surface area contributed by atoms with Crippen molar-refractivity contribution in [2.24, 2.45) is 17.6 Å². The van der Waals surface area contributed by atoms with E-state index in [4.69, 9.17) is 5.73 Å². The number of carboxylic acid groups (broad SMARTS) is 1. The molecule has 0 saturated carbocycles. The molecule has 0 fully saturated rings. The molecular weight excluding hydrogens is 354 g/mol. The average molecular weight is 379 g/mol. The molecule has 28 heavy (non-hydrogen) atoms. The fourth-order valence-electron chi connectivity index (χ4n) is 3.56. The summed E-state index contributed by atoms with van der Waals surface area (Å²) in [6.45, 7) is 4.34. The Labute approximate surface area is 164 Å². The second kappa shape index (κ2) is 8.75. The van der Waals surface area contributed by atoms with Gasteiger partial charge in [0, 0.05) is 12.5 Å². The first kappa shape index (κ1) is 19.7. The van der Waals surface area contributed by atoms with Crippen LogP contribution in [0.1, 0.15) is 36.7 Å². The van der Waals surface area contributed by atoms with Crippen LogP contribution in [0.5, 0.6) is 0 Å². The third-order valence-corrected chi connectivity index (χ3v) is 5.08. The van der Waals surface area contributed by atoms with E-state index in [0.29, 0.717) is 18.8 Å². The van der Waals surface area contributed by atoms with Crippen molar-refractivity contribution >= 4 is 5.97 Å². The molecule has 3 aromatic rings. The molecule has 0 bridgehead atoms. The Kier molecular flexibility index (Phi) is 6.16. The van der Waals surface area contributed by atoms with E-state index in [0.717, 1.165) is 22.3 Å². The third kappa shape index (κ3) is 4.43. The molecule has 7 heteroatoms. The van der Waals surface area contributed by atoms with Crippen LogP contribution in [0.4, 0.5) is 0 Å². The van der Waals surface area contributed by atoms with Crippen LogP contribution in [-0.4, -0.2) is 31.7 Å². The molecule has 1 heterocycles. The Balaban J connectivity index is 1.83. The van der Waals surface area contributed by atoms with Gasteiger partial charge in [0.15, 0.2) is 5.82 Å². The topological polar surface area (TPSA) is 118 Å². The zero-order chi connectivity index (χ0) is 20.1. The summed E-state index contributed by atoms with van der Waals surface area (Å²) in [6, 6.07) is 16.3. The maximum atomic E-state index is 11.9. The lowest BCUT2D eigenvalue weighted by Crippen LogP contribution is -2.29. The van der Waals surface area contributed by atoms with Crippen molar-refractivity contribution in [1.82, 2.24) is 20.6 Å². The minimum Gasteiger partial charge on any atom is -0.481 e. The number of nitrogens with two attached hydrogens (primary N) is 1. The highest BCUT2D eigenvalue weighted by Gasteiger charge is 2.34. The summed E-state index contributed by atoms with van der Waals surface area (Å²) in [5, 5.41) is 23.7. The highest BCUT2D eigenvalue weighted by Crippen LogP contribution is 2.32. The number of hydrogen-bond acceptors (Lipinski definition) is 5. The van der Waals surface area contributed by atoms with E-state index in [1.807, 2.05) is 50.2 Å². The molecule has 7 nitrogen and oxygen atoms in total. The molecule has 0 spiro atoms. The molecular formula is C21H25N5O2. The number of hydrogen-bond donors (Lipinski definition) is 3. The van der Waals surface area contributed by atoms with E-state index in [-0.39, 0.29) is 11.8 Å². The van der Waals surface area contributed by atoms with Gasteiger partial charge in [0.25, 0.3) is 0 Å². The van der Waals surface area contributed by atoms with Crippen molar-refractivity contribution in [3.63, 3.8) is 0 Å². The molecule has 0 unspecified atom stereocenters. The fourth-order valence-corrected chi connectivity index (χ4v) is 3.56. The van der Waals surface area contributed by atoms with E-state index in [9.17, 15) is 9.90 Å². The number of aliphatic carboxylic acids is 1. The van der Waals surface area contributed by atoms with Gasteiger partial charge in [-0.25, -0.2) is 5.10 Å². The number of H-pyrrole nitrogens is 1. The van der Waals surface area contributed by atoms with Gasteiger partial charge in [-0.2, -0.15) is 0 Å². The first-order valence-corrected chi connectivity index (χ1v) is 9.34. The number of benzene rings is 2. The number of aromatic amines is 1. The molecule has 0 aliphatic rings. The minimum atomic E-state index is -0.840. The molecule has 2 aromatic carbocycles. The SMILES string of the molecule is CC(C)[C@H](C(=O)O)[C@H](Cc1ccc(-c2ccc(CN)cc2)cc1)c1nnn[nH]1. The van der Waals surface area contributed by atoms with Crippen LogP contribution in [0.2, 0.25) is 0 Å². The Hall–Kier alpha value is -3.06. The zero-order valence-electron chi connectivity index (χ0n) is 16.0. The zero-order valence-corrected chi connectivity index (χ0v) is 16.0. The lowest BCUT2D eigenvalue weighted by Gasteiger charge is -2.25. The van der Waals surface area contributed by atoms with Crippen LogP contribution >= 0.6 is 0 Å². The van der Waals surface area contributed by atoms with Crippen LogP contribution in [0.15, 0.2) is 48.5 Å². The largest absolute Gasteiger partial charge is 0.481 e. The molecule has 0 aliphatic heterocycles. The monoisotopic (exact) mass is 379 g/mol. The first-order chi connectivity index (χ1) is 13.5. The van der Waals surface area contributed by atoms with Crippen molar-refractivity contribution in [2.45, 2.75) is 32.7 Å². The number of tetrazole rings is 1. The van der Waals surface area contributed by atoms with Crippen LogP contribution in [0.25, 0.3) is 11.1 Å². The van der Waals surface area contributed by atoms with Crippen LogP contribution < -0.4 is 5.73 Å². The molecule has 3 rings (SSSR count). The summed E-state index contributed by atoms with van der Waals surface area (Å²) in [7, 11) is 0. The van der Waals surface area contributed by atoms with Gasteiger partial charge in [-0.3, -0.25) is 4.79 Å². The van der Waals surface area contributed by atoms with Crippen LogP contribution in [0, 0.1) is 11.8 Å². The Morgan fingerprint density at radius 2 is 1.61 bits per heavy atom. The molecule has 146 valence electrons. The van der Waals surface area contributed by atoms with Gasteiger partial charge in [-0.15, -0.1) is 5.10 Å². The van der Waals surface area contributed by atoms with Gasteiger partial charge >= 0.3 is 5.97 Å². The Bertz CT molecular complexity index is 890. The number of rotatable bonds is 8. The second-order valence-electron chi connectivity index (χ2n) is 7.30. The molecule has 2 atom stereocenters. The number of carbonyl (C=O) groups is 1. The van der Waals surface area contributed by atoms with Gasteiger partial charge in [-0.05, 0) is 45.0 Å². The minimum absolute atomic E-state index is 0.0482. The standard InChI is InChI=1S/C21H25N5O2/c1-13(2)19(21(27)28)18(20-23-25-26-24-20)11-14-3-7-16(8-4-14)17-9-5-15(12-22)6-10-17/h3-10,13,18-19H,11-12,22H2,1-2H3,(H,27,28)(H,23,24,25,26)/t18-,19-/m0/s1. The summed E-state index contributed by atoms with van der Waals surface area (Å²) in [4.78, 5) is 11.9. The predicted molar refractivity (Wildman–Crippen MR) is 106 cm³/mol. The van der Waals surface area contributed by atoms with E-state index < -0.39 is 11.9 Å². The summed E-state index contributed by atoms with van der Waals surface area (Å²) >= 11 is 0. The first-order valence-electron chi connectivity index (χ1n) is 9.34. The fraction of sp³-hybridized carbons (Fsp3) is 0.333. The van der Waals surface area contributed by atoms with Gasteiger partial charge in [0.1, 0.15) is 0 Å². The Morgan fingerprint density at radius 1 is 1.04 bits per heavy atom. The second-order valence-corrected chi connectivity index (χ2v) is 7.30. The highest BCUT2D eigenvalue weighted by atomic mass is 16.4. The predicted octanol–water partition coefficient (Wildman–Crippen LogP) is 3.01. The normalized spacial score (nSPS) is 13.4.